The van der Waals surface area contributed by atoms with Gasteiger partial charge in [0.25, 0.3) is 0 Å². The summed E-state index contributed by atoms with van der Waals surface area (Å²) in [6, 6.07) is 0. The number of thioether (sulfide) groups is 1. The zero-order chi connectivity index (χ0) is 20.6. The first-order chi connectivity index (χ1) is 14.6. The molecule has 4 bridgehead atoms. The second-order valence-corrected chi connectivity index (χ2v) is 11.7. The molecule has 30 heavy (non-hydrogen) atoms. The second kappa shape index (κ2) is 8.62. The molecule has 2 N–H and O–H groups in total. The number of hydrogen-bond acceptors (Lipinski definition) is 5. The van der Waals surface area contributed by atoms with Gasteiger partial charge in [-0.15, -0.1) is 0 Å². The number of carbonyl (C=O) groups excluding carboxylic acids is 2. The van der Waals surface area contributed by atoms with Gasteiger partial charge in [0.2, 0.25) is 11.8 Å². The molecule has 168 valence electrons. The Hall–Kier alpha value is -0.790. The van der Waals surface area contributed by atoms with Crippen molar-refractivity contribution in [3.05, 3.63) is 0 Å². The van der Waals surface area contributed by atoms with Gasteiger partial charge in [-0.25, -0.2) is 0 Å². The van der Waals surface area contributed by atoms with E-state index in [2.05, 4.69) is 15.5 Å². The Bertz CT molecular complexity index is 623. The normalized spacial score (nSPS) is 40.5. The monoisotopic (exact) mass is 435 g/mol. The number of ether oxygens (including phenoxy) is 1. The largest absolute Gasteiger partial charge is 0.379 e. The van der Waals surface area contributed by atoms with Crippen LogP contribution in [0.25, 0.3) is 0 Å². The molecule has 2 heterocycles. The molecule has 0 aromatic rings. The van der Waals surface area contributed by atoms with Crippen LogP contribution in [0.15, 0.2) is 0 Å². The van der Waals surface area contributed by atoms with Crippen LogP contribution in [0, 0.1) is 23.2 Å². The van der Waals surface area contributed by atoms with E-state index in [0.29, 0.717) is 19.5 Å². The molecule has 7 heteroatoms. The van der Waals surface area contributed by atoms with Crippen LogP contribution >= 0.6 is 11.8 Å². The number of amides is 2. The average Bonchev–Trinajstić information content (AvgIpc) is 3.22. The molecule has 0 radical (unpaired) electrons. The summed E-state index contributed by atoms with van der Waals surface area (Å²) in [5, 5.41) is 6.33. The number of morpholine rings is 1. The van der Waals surface area contributed by atoms with Crippen molar-refractivity contribution in [1.29, 1.82) is 0 Å². The third kappa shape index (κ3) is 4.14. The van der Waals surface area contributed by atoms with Gasteiger partial charge < -0.3 is 15.4 Å². The maximum absolute atomic E-state index is 13.0. The molecule has 1 atom stereocenters. The first-order valence-electron chi connectivity index (χ1n) is 12.0. The molecule has 6 nitrogen and oxygen atoms in total. The Morgan fingerprint density at radius 2 is 1.67 bits per heavy atom. The topological polar surface area (TPSA) is 70.7 Å². The smallest absolute Gasteiger partial charge is 0.226 e. The standard InChI is InChI=1S/C23H37N3O3S/c27-20(25-15-23(2-8-30-16-23)26-4-6-29-7-5-26)1-3-24-21(28)22-12-17-9-18(13-22)11-19(10-17)14-22/h17-19H,1-16H2,(H,24,28)(H,25,27). The predicted molar refractivity (Wildman–Crippen MR) is 118 cm³/mol. The molecule has 4 saturated carbocycles. The van der Waals surface area contributed by atoms with Gasteiger partial charge in [-0.2, -0.15) is 11.8 Å². The highest BCUT2D eigenvalue weighted by Crippen LogP contribution is 2.60. The maximum Gasteiger partial charge on any atom is 0.226 e. The van der Waals surface area contributed by atoms with Crippen LogP contribution in [0.2, 0.25) is 0 Å². The Kier molecular flexibility index (Phi) is 6.06. The fourth-order valence-corrected chi connectivity index (χ4v) is 8.83. The van der Waals surface area contributed by atoms with Crippen molar-refractivity contribution >= 4 is 23.6 Å². The van der Waals surface area contributed by atoms with E-state index in [-0.39, 0.29) is 22.8 Å². The summed E-state index contributed by atoms with van der Waals surface area (Å²) >= 11 is 1.98. The van der Waals surface area contributed by atoms with E-state index in [1.165, 1.54) is 19.3 Å². The highest BCUT2D eigenvalue weighted by molar-refractivity contribution is 7.99. The number of nitrogens with one attached hydrogen (secondary N) is 2. The Balaban J connectivity index is 1.08. The SMILES string of the molecule is O=C(CCNC(=O)C12CC3CC(CC(C3)C1)C2)NCC1(N2CCOCC2)CCSC1. The van der Waals surface area contributed by atoms with E-state index in [1.807, 2.05) is 11.8 Å². The Morgan fingerprint density at radius 3 is 2.27 bits per heavy atom. The van der Waals surface area contributed by atoms with Gasteiger partial charge in [-0.3, -0.25) is 14.5 Å². The lowest BCUT2D eigenvalue weighted by Crippen LogP contribution is -2.59. The molecule has 0 spiro atoms. The van der Waals surface area contributed by atoms with Crippen molar-refractivity contribution < 1.29 is 14.3 Å². The van der Waals surface area contributed by atoms with Gasteiger partial charge in [-0.1, -0.05) is 0 Å². The Morgan fingerprint density at radius 1 is 1.00 bits per heavy atom. The molecule has 6 rings (SSSR count). The predicted octanol–water partition coefficient (Wildman–Crippen LogP) is 2.03. The second-order valence-electron chi connectivity index (χ2n) is 10.6. The maximum atomic E-state index is 13.0. The molecule has 6 fully saturated rings. The molecular formula is C23H37N3O3S. The Labute approximate surface area is 184 Å². The minimum atomic E-state index is -0.118. The summed E-state index contributed by atoms with van der Waals surface area (Å²) in [5.41, 5.74) is -0.0424. The quantitative estimate of drug-likeness (QED) is 0.640. The van der Waals surface area contributed by atoms with Crippen LogP contribution in [-0.4, -0.2) is 73.2 Å². The fourth-order valence-electron chi connectivity index (χ4n) is 7.35. The molecule has 2 amide bonds. The lowest BCUT2D eigenvalue weighted by Gasteiger charge is -2.55. The lowest BCUT2D eigenvalue weighted by molar-refractivity contribution is -0.146. The van der Waals surface area contributed by atoms with Crippen LogP contribution in [0.1, 0.15) is 51.4 Å². The van der Waals surface area contributed by atoms with Crippen molar-refractivity contribution in [2.24, 2.45) is 23.2 Å². The highest BCUT2D eigenvalue weighted by Gasteiger charge is 2.54. The van der Waals surface area contributed by atoms with Crippen LogP contribution in [0.4, 0.5) is 0 Å². The summed E-state index contributed by atoms with van der Waals surface area (Å²) in [5.74, 6) is 4.84. The third-order valence-corrected chi connectivity index (χ3v) is 9.77. The van der Waals surface area contributed by atoms with E-state index >= 15 is 0 Å². The van der Waals surface area contributed by atoms with Gasteiger partial charge in [0, 0.05) is 49.3 Å². The van der Waals surface area contributed by atoms with Crippen LogP contribution in [0.3, 0.4) is 0 Å². The van der Waals surface area contributed by atoms with Gasteiger partial charge in [0.05, 0.1) is 13.2 Å². The third-order valence-electron chi connectivity index (χ3n) is 8.54. The van der Waals surface area contributed by atoms with Gasteiger partial charge in [-0.05, 0) is 68.5 Å². The summed E-state index contributed by atoms with van der Waals surface area (Å²) < 4.78 is 5.52. The molecule has 1 unspecified atom stereocenters. The number of hydrogen-bond donors (Lipinski definition) is 2. The highest BCUT2D eigenvalue weighted by atomic mass is 32.2. The number of carbonyl (C=O) groups is 2. The molecule has 0 aromatic heterocycles. The van der Waals surface area contributed by atoms with E-state index < -0.39 is 0 Å². The number of nitrogens with zero attached hydrogens (tertiary/aromatic N) is 1. The van der Waals surface area contributed by atoms with Crippen LogP contribution in [0.5, 0.6) is 0 Å². The van der Waals surface area contributed by atoms with E-state index in [9.17, 15) is 9.59 Å². The first-order valence-corrected chi connectivity index (χ1v) is 13.2. The molecule has 0 aromatic carbocycles. The van der Waals surface area contributed by atoms with Crippen molar-refractivity contribution in [3.63, 3.8) is 0 Å². The minimum Gasteiger partial charge on any atom is -0.379 e. The summed E-state index contributed by atoms with van der Waals surface area (Å²) in [4.78, 5) is 28.1. The summed E-state index contributed by atoms with van der Waals surface area (Å²) in [6.07, 6.45) is 8.78. The van der Waals surface area contributed by atoms with Crippen molar-refractivity contribution in [2.45, 2.75) is 56.9 Å². The van der Waals surface area contributed by atoms with E-state index in [1.54, 1.807) is 0 Å². The molecule has 4 aliphatic carbocycles. The van der Waals surface area contributed by atoms with Crippen LogP contribution < -0.4 is 10.6 Å². The van der Waals surface area contributed by atoms with Crippen molar-refractivity contribution in [1.82, 2.24) is 15.5 Å². The lowest BCUT2D eigenvalue weighted by atomic mass is 9.49. The first kappa shape index (κ1) is 21.1. The van der Waals surface area contributed by atoms with E-state index in [0.717, 1.165) is 81.2 Å². The van der Waals surface area contributed by atoms with Crippen molar-refractivity contribution in [2.75, 3.05) is 50.9 Å². The van der Waals surface area contributed by atoms with Gasteiger partial charge in [0.1, 0.15) is 0 Å². The minimum absolute atomic E-state index is 0.0605. The zero-order valence-corrected chi connectivity index (χ0v) is 18.9. The van der Waals surface area contributed by atoms with Gasteiger partial charge in [0.15, 0.2) is 0 Å². The van der Waals surface area contributed by atoms with E-state index in [4.69, 9.17) is 4.74 Å². The van der Waals surface area contributed by atoms with Crippen molar-refractivity contribution in [3.8, 4) is 0 Å². The number of rotatable bonds is 7. The summed E-state index contributed by atoms with van der Waals surface area (Å²) in [7, 11) is 0. The average molecular weight is 436 g/mol. The summed E-state index contributed by atoms with van der Waals surface area (Å²) in [6.45, 7) is 4.66. The molecular weight excluding hydrogens is 398 g/mol. The zero-order valence-electron chi connectivity index (χ0n) is 18.1. The molecule has 6 aliphatic rings. The molecule has 2 saturated heterocycles. The van der Waals surface area contributed by atoms with Crippen LogP contribution in [-0.2, 0) is 14.3 Å². The fraction of sp³-hybridized carbons (Fsp3) is 0.913. The van der Waals surface area contributed by atoms with Gasteiger partial charge >= 0.3 is 0 Å². The molecule has 2 aliphatic heterocycles.